The Morgan fingerprint density at radius 3 is 1.55 bits per heavy atom. The molecule has 11 unspecified atom stereocenters. The number of carbonyl (C=O) groups is 1. The summed E-state index contributed by atoms with van der Waals surface area (Å²) in [5.41, 5.74) is 0. The molecule has 7 N–H and O–H groups in total. The molecule has 0 amide bonds. The zero-order chi connectivity index (χ0) is 48.0. The standard InChI is InChI=1S/C52H92O14/c1-3-5-7-9-11-13-15-17-18-19-20-21-22-23-24-26-28-30-32-34-36-61-38-41(64-44(54)35-33-31-29-27-25-16-14-12-10-8-6-4-2)39-62-51-50(60)48(58)46(56)43(66-51)40-63-52-49(59)47(57)45(55)42(37-53)65-52/h5,7,11,13,17-18,20-21,41-43,45-53,55-60H,3-4,6,8-10,12,14-16,19,22-40H2,1-2H3/b7-5-,13-11-,18-17-,21-20-. The Balaban J connectivity index is 1.75. The maximum atomic E-state index is 13.0. The largest absolute Gasteiger partial charge is 0.457 e. The number of ether oxygens (including phenoxy) is 6. The molecule has 66 heavy (non-hydrogen) atoms. The van der Waals surface area contributed by atoms with E-state index in [9.17, 15) is 40.5 Å². The van der Waals surface area contributed by atoms with Crippen LogP contribution in [0.25, 0.3) is 0 Å². The lowest BCUT2D eigenvalue weighted by Gasteiger charge is -2.42. The van der Waals surface area contributed by atoms with Crippen LogP contribution < -0.4 is 0 Å². The molecule has 0 bridgehead atoms. The van der Waals surface area contributed by atoms with Gasteiger partial charge in [-0.2, -0.15) is 0 Å². The fourth-order valence-corrected chi connectivity index (χ4v) is 7.92. The molecule has 2 heterocycles. The highest BCUT2D eigenvalue weighted by molar-refractivity contribution is 5.69. The van der Waals surface area contributed by atoms with Gasteiger partial charge in [0, 0.05) is 13.0 Å². The van der Waals surface area contributed by atoms with Crippen molar-refractivity contribution in [2.24, 2.45) is 0 Å². The highest BCUT2D eigenvalue weighted by Gasteiger charge is 2.47. The SMILES string of the molecule is CC/C=C\C/C=C\C/C=C\C/C=C\CCCCCCCCCOCC(COC1OC(COC2OC(CO)C(O)C(O)C2O)C(O)C(O)C1O)OC(=O)CCCCCCCCCCCCCC. The Morgan fingerprint density at radius 2 is 0.985 bits per heavy atom. The van der Waals surface area contributed by atoms with E-state index < -0.39 is 80.7 Å². The van der Waals surface area contributed by atoms with Gasteiger partial charge < -0.3 is 64.2 Å². The van der Waals surface area contributed by atoms with Crippen molar-refractivity contribution in [3.05, 3.63) is 48.6 Å². The Bertz CT molecular complexity index is 1280. The first-order valence-electron chi connectivity index (χ1n) is 25.7. The van der Waals surface area contributed by atoms with E-state index in [4.69, 9.17) is 28.4 Å². The zero-order valence-corrected chi connectivity index (χ0v) is 40.7. The Kier molecular flexibility index (Phi) is 36.2. The number of rotatable bonds is 40. The summed E-state index contributed by atoms with van der Waals surface area (Å²) in [4.78, 5) is 13.0. The summed E-state index contributed by atoms with van der Waals surface area (Å²) in [7, 11) is 0. The first-order chi connectivity index (χ1) is 32.1. The van der Waals surface area contributed by atoms with Crippen molar-refractivity contribution in [3.63, 3.8) is 0 Å². The van der Waals surface area contributed by atoms with Crippen LogP contribution in [0.3, 0.4) is 0 Å². The fraction of sp³-hybridized carbons (Fsp3) is 0.827. The normalized spacial score (nSPS) is 26.7. The van der Waals surface area contributed by atoms with E-state index in [0.29, 0.717) is 13.0 Å². The third-order valence-corrected chi connectivity index (χ3v) is 12.1. The van der Waals surface area contributed by atoms with Crippen LogP contribution in [0.1, 0.15) is 174 Å². The lowest BCUT2D eigenvalue weighted by molar-refractivity contribution is -0.332. The minimum atomic E-state index is -1.71. The van der Waals surface area contributed by atoms with Crippen molar-refractivity contribution >= 4 is 5.97 Å². The Hall–Kier alpha value is -2.05. The second-order valence-corrected chi connectivity index (χ2v) is 18.0. The lowest BCUT2D eigenvalue weighted by Crippen LogP contribution is -2.61. The van der Waals surface area contributed by atoms with E-state index in [1.54, 1.807) is 0 Å². The van der Waals surface area contributed by atoms with Crippen LogP contribution in [0.4, 0.5) is 0 Å². The van der Waals surface area contributed by atoms with Crippen molar-refractivity contribution in [2.45, 2.75) is 242 Å². The molecule has 14 heteroatoms. The molecule has 2 aliphatic rings. The van der Waals surface area contributed by atoms with Gasteiger partial charge in [0.15, 0.2) is 12.6 Å². The molecule has 2 saturated heterocycles. The smallest absolute Gasteiger partial charge is 0.306 e. The highest BCUT2D eigenvalue weighted by Crippen LogP contribution is 2.26. The fourth-order valence-electron chi connectivity index (χ4n) is 7.92. The minimum absolute atomic E-state index is 0.0547. The second-order valence-electron chi connectivity index (χ2n) is 18.0. The average molecular weight is 941 g/mol. The van der Waals surface area contributed by atoms with Gasteiger partial charge in [-0.1, -0.05) is 165 Å². The van der Waals surface area contributed by atoms with E-state index >= 15 is 0 Å². The maximum absolute atomic E-state index is 13.0. The number of carbonyl (C=O) groups excluding carboxylic acids is 1. The third kappa shape index (κ3) is 27.2. The van der Waals surface area contributed by atoms with Crippen LogP contribution in [-0.2, 0) is 33.2 Å². The van der Waals surface area contributed by atoms with Gasteiger partial charge in [-0.3, -0.25) is 4.79 Å². The molecule has 14 nitrogen and oxygen atoms in total. The topological polar surface area (TPSA) is 214 Å². The van der Waals surface area contributed by atoms with E-state index in [0.717, 1.165) is 70.6 Å². The number of esters is 1. The van der Waals surface area contributed by atoms with Gasteiger partial charge in [-0.05, 0) is 51.4 Å². The molecular weight excluding hydrogens is 849 g/mol. The van der Waals surface area contributed by atoms with Gasteiger partial charge in [0.1, 0.15) is 54.9 Å². The van der Waals surface area contributed by atoms with Gasteiger partial charge in [0.25, 0.3) is 0 Å². The van der Waals surface area contributed by atoms with Crippen molar-refractivity contribution in [1.82, 2.24) is 0 Å². The van der Waals surface area contributed by atoms with E-state index in [1.165, 1.54) is 77.0 Å². The molecule has 0 aromatic heterocycles. The number of hydrogen-bond donors (Lipinski definition) is 7. The van der Waals surface area contributed by atoms with Gasteiger partial charge in [-0.15, -0.1) is 0 Å². The maximum Gasteiger partial charge on any atom is 0.306 e. The summed E-state index contributed by atoms with van der Waals surface area (Å²) in [6, 6.07) is 0. The molecular formula is C52H92O14. The van der Waals surface area contributed by atoms with Crippen LogP contribution in [0.2, 0.25) is 0 Å². The number of hydrogen-bond acceptors (Lipinski definition) is 14. The van der Waals surface area contributed by atoms with Crippen LogP contribution in [0.15, 0.2) is 48.6 Å². The molecule has 11 atom stereocenters. The van der Waals surface area contributed by atoms with Gasteiger partial charge in [0.2, 0.25) is 0 Å². The molecule has 0 aromatic carbocycles. The molecule has 0 spiro atoms. The predicted octanol–water partition coefficient (Wildman–Crippen LogP) is 7.57. The third-order valence-electron chi connectivity index (χ3n) is 12.1. The van der Waals surface area contributed by atoms with E-state index in [-0.39, 0.29) is 25.6 Å². The first-order valence-corrected chi connectivity index (χ1v) is 25.7. The predicted molar refractivity (Wildman–Crippen MR) is 256 cm³/mol. The number of allylic oxidation sites excluding steroid dienone is 8. The van der Waals surface area contributed by atoms with Crippen molar-refractivity contribution in [2.75, 3.05) is 33.0 Å². The summed E-state index contributed by atoms with van der Waals surface area (Å²) in [6.45, 7) is 3.54. The van der Waals surface area contributed by atoms with Gasteiger partial charge in [0.05, 0.1) is 26.4 Å². The molecule has 2 aliphatic heterocycles. The van der Waals surface area contributed by atoms with E-state index in [1.807, 2.05) is 0 Å². The average Bonchev–Trinajstić information content (AvgIpc) is 3.31. The van der Waals surface area contributed by atoms with Gasteiger partial charge in [-0.25, -0.2) is 0 Å². The monoisotopic (exact) mass is 941 g/mol. The molecule has 0 radical (unpaired) electrons. The van der Waals surface area contributed by atoms with Crippen molar-refractivity contribution < 1.29 is 69.0 Å². The summed E-state index contributed by atoms with van der Waals surface area (Å²) in [5, 5.41) is 72.1. The Morgan fingerprint density at radius 1 is 0.515 bits per heavy atom. The number of unbranched alkanes of at least 4 members (excludes halogenated alkanes) is 18. The summed E-state index contributed by atoms with van der Waals surface area (Å²) < 4.78 is 34.2. The molecule has 0 saturated carbocycles. The summed E-state index contributed by atoms with van der Waals surface area (Å²) in [6.07, 6.45) is 28.9. The lowest BCUT2D eigenvalue weighted by atomic mass is 9.98. The molecule has 2 fully saturated rings. The Labute approximate surface area is 397 Å². The van der Waals surface area contributed by atoms with Gasteiger partial charge >= 0.3 is 5.97 Å². The first kappa shape index (κ1) is 60.1. The highest BCUT2D eigenvalue weighted by atomic mass is 16.7. The van der Waals surface area contributed by atoms with Crippen LogP contribution >= 0.6 is 0 Å². The minimum Gasteiger partial charge on any atom is -0.457 e. The molecule has 0 aliphatic carbocycles. The van der Waals surface area contributed by atoms with Crippen molar-refractivity contribution in [3.8, 4) is 0 Å². The molecule has 0 aromatic rings. The zero-order valence-electron chi connectivity index (χ0n) is 40.7. The summed E-state index contributed by atoms with van der Waals surface area (Å²) >= 11 is 0. The second kappa shape index (κ2) is 39.8. The molecule has 384 valence electrons. The van der Waals surface area contributed by atoms with E-state index in [2.05, 4.69) is 62.5 Å². The molecule has 2 rings (SSSR count). The number of aliphatic hydroxyl groups excluding tert-OH is 7. The summed E-state index contributed by atoms with van der Waals surface area (Å²) in [5.74, 6) is -0.382. The number of aliphatic hydroxyl groups is 7. The van der Waals surface area contributed by atoms with Crippen LogP contribution in [-0.4, -0.2) is 142 Å². The van der Waals surface area contributed by atoms with Crippen LogP contribution in [0, 0.1) is 0 Å². The quantitative estimate of drug-likeness (QED) is 0.0179. The van der Waals surface area contributed by atoms with Crippen LogP contribution in [0.5, 0.6) is 0 Å². The van der Waals surface area contributed by atoms with Crippen molar-refractivity contribution in [1.29, 1.82) is 0 Å².